The molecule has 0 bridgehead atoms. The van der Waals surface area contributed by atoms with Gasteiger partial charge in [-0.15, -0.1) is 0 Å². The lowest BCUT2D eigenvalue weighted by molar-refractivity contribution is -0.167. The van der Waals surface area contributed by atoms with E-state index >= 15 is 0 Å². The zero-order valence-corrected chi connectivity index (χ0v) is 36.8. The van der Waals surface area contributed by atoms with Crippen molar-refractivity contribution in [2.24, 2.45) is 11.8 Å². The minimum absolute atomic E-state index is 0.0652. The maximum atomic E-state index is 12.7. The highest BCUT2D eigenvalue weighted by Gasteiger charge is 2.19. The average molecular weight is 765 g/mol. The number of rotatable bonds is 42. The highest BCUT2D eigenvalue weighted by molar-refractivity contribution is 5.71. The van der Waals surface area contributed by atoms with Crippen LogP contribution in [0.3, 0.4) is 0 Å². The van der Waals surface area contributed by atoms with Gasteiger partial charge in [-0.2, -0.15) is 0 Å². The lowest BCUT2D eigenvalue weighted by Gasteiger charge is -2.18. The highest BCUT2D eigenvalue weighted by atomic mass is 16.6. The Morgan fingerprint density at radius 1 is 0.352 bits per heavy atom. The molecule has 6 nitrogen and oxygen atoms in total. The Kier molecular flexibility index (Phi) is 39.8. The summed E-state index contributed by atoms with van der Waals surface area (Å²) in [6.07, 6.45) is 39.6. The fourth-order valence-electron chi connectivity index (χ4n) is 7.11. The fourth-order valence-corrected chi connectivity index (χ4v) is 7.11. The summed E-state index contributed by atoms with van der Waals surface area (Å²) in [7, 11) is 0. The summed E-state index contributed by atoms with van der Waals surface area (Å²) in [6.45, 7) is 11.3. The Hall–Kier alpha value is -1.59. The van der Waals surface area contributed by atoms with E-state index in [4.69, 9.17) is 14.2 Å². The molecule has 54 heavy (non-hydrogen) atoms. The third-order valence-electron chi connectivity index (χ3n) is 10.7. The van der Waals surface area contributed by atoms with Gasteiger partial charge in [0.2, 0.25) is 0 Å². The highest BCUT2D eigenvalue weighted by Crippen LogP contribution is 2.17. The summed E-state index contributed by atoms with van der Waals surface area (Å²) in [6, 6.07) is 0. The van der Waals surface area contributed by atoms with Crippen molar-refractivity contribution in [3.8, 4) is 0 Å². The largest absolute Gasteiger partial charge is 0.462 e. The smallest absolute Gasteiger partial charge is 0.306 e. The van der Waals surface area contributed by atoms with Crippen molar-refractivity contribution in [2.75, 3.05) is 13.2 Å². The van der Waals surface area contributed by atoms with Gasteiger partial charge in [0.15, 0.2) is 6.10 Å². The molecule has 0 aromatic rings. The van der Waals surface area contributed by atoms with Crippen LogP contribution in [0.5, 0.6) is 0 Å². The molecule has 0 unspecified atom stereocenters. The van der Waals surface area contributed by atoms with Crippen molar-refractivity contribution in [3.63, 3.8) is 0 Å². The molecule has 0 aliphatic rings. The summed E-state index contributed by atoms with van der Waals surface area (Å²) in [4.78, 5) is 37.6. The number of unbranched alkanes of at least 4 members (excludes halogenated alkanes) is 27. The minimum Gasteiger partial charge on any atom is -0.462 e. The first-order valence-electron chi connectivity index (χ1n) is 23.7. The summed E-state index contributed by atoms with van der Waals surface area (Å²) in [5, 5.41) is 0. The second-order valence-corrected chi connectivity index (χ2v) is 17.3. The molecule has 6 heteroatoms. The van der Waals surface area contributed by atoms with Crippen LogP contribution in [0.4, 0.5) is 0 Å². The Labute approximate surface area is 336 Å². The van der Waals surface area contributed by atoms with Gasteiger partial charge >= 0.3 is 17.9 Å². The van der Waals surface area contributed by atoms with Gasteiger partial charge in [0.25, 0.3) is 0 Å². The molecule has 0 aliphatic heterocycles. The Balaban J connectivity index is 4.20. The standard InChI is InChI=1S/C48H92O6/c1-6-7-8-9-10-18-23-30-35-40-48(51)54-45(42-53-47(50)39-34-29-25-24-27-32-37-44(4)5)41-52-46(49)38-33-28-22-20-17-15-13-11-12-14-16-19-21-26-31-36-43(2)3/h43-45H,6-42H2,1-5H3/t45-/m0/s1. The fraction of sp³-hybridized carbons (Fsp3) is 0.938. The van der Waals surface area contributed by atoms with Gasteiger partial charge in [-0.25, -0.2) is 0 Å². The quantitative estimate of drug-likeness (QED) is 0.0350. The summed E-state index contributed by atoms with van der Waals surface area (Å²) in [5.74, 6) is 0.751. The van der Waals surface area contributed by atoms with Crippen molar-refractivity contribution in [3.05, 3.63) is 0 Å². The molecule has 0 fully saturated rings. The van der Waals surface area contributed by atoms with Crippen LogP contribution in [-0.4, -0.2) is 37.2 Å². The van der Waals surface area contributed by atoms with Crippen LogP contribution in [0.2, 0.25) is 0 Å². The third kappa shape index (κ3) is 41.6. The van der Waals surface area contributed by atoms with Crippen LogP contribution >= 0.6 is 0 Å². The molecular weight excluding hydrogens is 673 g/mol. The topological polar surface area (TPSA) is 78.9 Å². The number of hydrogen-bond donors (Lipinski definition) is 0. The van der Waals surface area contributed by atoms with Gasteiger partial charge in [0, 0.05) is 19.3 Å². The van der Waals surface area contributed by atoms with Gasteiger partial charge < -0.3 is 14.2 Å². The molecular formula is C48H92O6. The SMILES string of the molecule is CCCCCCCCCCCC(=O)O[C@@H](COC(=O)CCCCCCCCCCCCCCCCCC(C)C)COC(=O)CCCCCCCCC(C)C. The summed E-state index contributed by atoms with van der Waals surface area (Å²) < 4.78 is 16.7. The van der Waals surface area contributed by atoms with E-state index in [0.717, 1.165) is 69.6 Å². The third-order valence-corrected chi connectivity index (χ3v) is 10.7. The van der Waals surface area contributed by atoms with E-state index in [1.54, 1.807) is 0 Å². The van der Waals surface area contributed by atoms with E-state index in [0.29, 0.717) is 19.3 Å². The van der Waals surface area contributed by atoms with E-state index in [1.807, 2.05) is 0 Å². The molecule has 0 spiro atoms. The van der Waals surface area contributed by atoms with Crippen LogP contribution in [0.15, 0.2) is 0 Å². The van der Waals surface area contributed by atoms with E-state index in [1.165, 1.54) is 148 Å². The van der Waals surface area contributed by atoms with Gasteiger partial charge in [-0.05, 0) is 31.1 Å². The van der Waals surface area contributed by atoms with Crippen LogP contribution in [0.25, 0.3) is 0 Å². The normalized spacial score (nSPS) is 12.1. The number of hydrogen-bond acceptors (Lipinski definition) is 6. The van der Waals surface area contributed by atoms with E-state index in [-0.39, 0.29) is 31.1 Å². The van der Waals surface area contributed by atoms with Crippen LogP contribution in [0.1, 0.15) is 259 Å². The minimum atomic E-state index is -0.760. The zero-order valence-electron chi connectivity index (χ0n) is 36.8. The number of esters is 3. The van der Waals surface area contributed by atoms with Gasteiger partial charge in [0.05, 0.1) is 0 Å². The predicted octanol–water partition coefficient (Wildman–Crippen LogP) is 15.0. The van der Waals surface area contributed by atoms with E-state index in [2.05, 4.69) is 34.6 Å². The van der Waals surface area contributed by atoms with Crippen LogP contribution in [0, 0.1) is 11.8 Å². The molecule has 0 saturated heterocycles. The molecule has 0 amide bonds. The number of carbonyl (C=O) groups excluding carboxylic acids is 3. The molecule has 0 N–H and O–H groups in total. The van der Waals surface area contributed by atoms with Crippen molar-refractivity contribution in [2.45, 2.75) is 265 Å². The van der Waals surface area contributed by atoms with Crippen molar-refractivity contribution in [1.29, 1.82) is 0 Å². The molecule has 0 radical (unpaired) electrons. The first-order chi connectivity index (χ1) is 26.2. The molecule has 0 rings (SSSR count). The first kappa shape index (κ1) is 52.4. The average Bonchev–Trinajstić information content (AvgIpc) is 3.14. The van der Waals surface area contributed by atoms with Crippen LogP contribution < -0.4 is 0 Å². The molecule has 0 aromatic heterocycles. The summed E-state index contributed by atoms with van der Waals surface area (Å²) >= 11 is 0. The molecule has 1 atom stereocenters. The lowest BCUT2D eigenvalue weighted by Crippen LogP contribution is -2.30. The molecule has 320 valence electrons. The van der Waals surface area contributed by atoms with Gasteiger partial charge in [-0.3, -0.25) is 14.4 Å². The van der Waals surface area contributed by atoms with E-state index in [9.17, 15) is 14.4 Å². The summed E-state index contributed by atoms with van der Waals surface area (Å²) in [5.41, 5.74) is 0. The molecule has 0 aromatic carbocycles. The molecule has 0 saturated carbocycles. The van der Waals surface area contributed by atoms with Gasteiger partial charge in [-0.1, -0.05) is 221 Å². The monoisotopic (exact) mass is 765 g/mol. The Morgan fingerprint density at radius 3 is 0.907 bits per heavy atom. The van der Waals surface area contributed by atoms with Crippen molar-refractivity contribution in [1.82, 2.24) is 0 Å². The van der Waals surface area contributed by atoms with E-state index < -0.39 is 6.10 Å². The van der Waals surface area contributed by atoms with Crippen molar-refractivity contribution < 1.29 is 28.6 Å². The lowest BCUT2D eigenvalue weighted by atomic mass is 10.0. The van der Waals surface area contributed by atoms with Crippen LogP contribution in [-0.2, 0) is 28.6 Å². The van der Waals surface area contributed by atoms with Crippen molar-refractivity contribution >= 4 is 17.9 Å². The second-order valence-electron chi connectivity index (χ2n) is 17.3. The number of ether oxygens (including phenoxy) is 3. The van der Waals surface area contributed by atoms with Gasteiger partial charge in [0.1, 0.15) is 13.2 Å². The predicted molar refractivity (Wildman–Crippen MR) is 229 cm³/mol. The molecule has 0 aliphatic carbocycles. The maximum Gasteiger partial charge on any atom is 0.306 e. The zero-order chi connectivity index (χ0) is 39.7. The maximum absolute atomic E-state index is 12.7. The molecule has 0 heterocycles. The Morgan fingerprint density at radius 2 is 0.611 bits per heavy atom. The first-order valence-corrected chi connectivity index (χ1v) is 23.7. The Bertz CT molecular complexity index is 824. The number of carbonyl (C=O) groups is 3. The second kappa shape index (κ2) is 41.1.